The molecule has 2 aromatic rings. The van der Waals surface area contributed by atoms with Gasteiger partial charge in [-0.1, -0.05) is 37.2 Å². The zero-order valence-corrected chi connectivity index (χ0v) is 14.9. The molecule has 0 radical (unpaired) electrons. The molecule has 0 saturated carbocycles. The molecule has 0 aliphatic heterocycles. The predicted molar refractivity (Wildman–Crippen MR) is 100 cm³/mol. The molecular formula is C20H24N2O3. The number of nitrogens with one attached hydrogen (secondary N) is 1. The van der Waals surface area contributed by atoms with Crippen LogP contribution in [0, 0.1) is 0 Å². The molecule has 0 aliphatic rings. The number of anilines is 1. The van der Waals surface area contributed by atoms with E-state index >= 15 is 0 Å². The molecule has 2 aromatic carbocycles. The van der Waals surface area contributed by atoms with Crippen LogP contribution in [0.15, 0.2) is 47.6 Å². The van der Waals surface area contributed by atoms with E-state index in [9.17, 15) is 4.79 Å². The van der Waals surface area contributed by atoms with Crippen molar-refractivity contribution in [1.82, 2.24) is 0 Å². The van der Waals surface area contributed by atoms with Crippen molar-refractivity contribution in [2.24, 2.45) is 5.16 Å². The van der Waals surface area contributed by atoms with Gasteiger partial charge in [0.2, 0.25) is 0 Å². The van der Waals surface area contributed by atoms with Gasteiger partial charge in [-0.25, -0.2) is 0 Å². The van der Waals surface area contributed by atoms with Gasteiger partial charge in [-0.05, 0) is 53.8 Å². The highest BCUT2D eigenvalue weighted by Gasteiger charge is 2.10. The lowest BCUT2D eigenvalue weighted by Gasteiger charge is -2.13. The molecule has 2 rings (SSSR count). The molecule has 1 amide bonds. The summed E-state index contributed by atoms with van der Waals surface area (Å²) in [5.41, 5.74) is 4.00. The van der Waals surface area contributed by atoms with Gasteiger partial charge in [0.05, 0.1) is 13.3 Å². The maximum absolute atomic E-state index is 12.1. The summed E-state index contributed by atoms with van der Waals surface area (Å²) in [6.45, 7) is 4.01. The van der Waals surface area contributed by atoms with Gasteiger partial charge >= 0.3 is 0 Å². The van der Waals surface area contributed by atoms with Crippen LogP contribution in [-0.4, -0.2) is 25.8 Å². The summed E-state index contributed by atoms with van der Waals surface area (Å²) in [5, 5.41) is 6.78. The molecular weight excluding hydrogens is 316 g/mol. The normalized spacial score (nSPS) is 10.7. The van der Waals surface area contributed by atoms with Crippen molar-refractivity contribution in [3.8, 4) is 5.75 Å². The van der Waals surface area contributed by atoms with Gasteiger partial charge in [0.25, 0.3) is 5.91 Å². The topological polar surface area (TPSA) is 59.9 Å². The second-order valence-electron chi connectivity index (χ2n) is 5.49. The van der Waals surface area contributed by atoms with Crippen molar-refractivity contribution >= 4 is 17.8 Å². The van der Waals surface area contributed by atoms with Crippen LogP contribution in [0.2, 0.25) is 0 Å². The summed E-state index contributed by atoms with van der Waals surface area (Å²) >= 11 is 0. The van der Waals surface area contributed by atoms with Gasteiger partial charge in [-0.3, -0.25) is 4.79 Å². The van der Waals surface area contributed by atoms with Crippen LogP contribution < -0.4 is 10.1 Å². The summed E-state index contributed by atoms with van der Waals surface area (Å²) in [5.74, 6) is 0.557. The summed E-state index contributed by atoms with van der Waals surface area (Å²) in [7, 11) is 1.62. The lowest BCUT2D eigenvalue weighted by molar-refractivity contribution is -0.120. The van der Waals surface area contributed by atoms with E-state index in [4.69, 9.17) is 9.57 Å². The average Bonchev–Trinajstić information content (AvgIpc) is 2.65. The quantitative estimate of drug-likeness (QED) is 0.587. The minimum Gasteiger partial charge on any atom is -0.497 e. The number of oxime groups is 1. The molecule has 0 atom stereocenters. The first-order valence-corrected chi connectivity index (χ1v) is 8.37. The minimum atomic E-state index is -0.220. The van der Waals surface area contributed by atoms with E-state index in [-0.39, 0.29) is 12.5 Å². The third-order valence-electron chi connectivity index (χ3n) is 3.85. The van der Waals surface area contributed by atoms with Gasteiger partial charge < -0.3 is 14.9 Å². The van der Waals surface area contributed by atoms with E-state index in [1.54, 1.807) is 13.3 Å². The molecule has 0 unspecified atom stereocenters. The van der Waals surface area contributed by atoms with E-state index in [1.165, 1.54) is 0 Å². The average molecular weight is 340 g/mol. The van der Waals surface area contributed by atoms with Crippen LogP contribution in [0.5, 0.6) is 5.75 Å². The second kappa shape index (κ2) is 9.47. The Balaban J connectivity index is 1.89. The number of aryl methyl sites for hydroxylation is 2. The van der Waals surface area contributed by atoms with E-state index in [0.717, 1.165) is 41.0 Å². The second-order valence-corrected chi connectivity index (χ2v) is 5.49. The van der Waals surface area contributed by atoms with Crippen molar-refractivity contribution in [3.63, 3.8) is 0 Å². The van der Waals surface area contributed by atoms with Crippen LogP contribution in [0.4, 0.5) is 5.69 Å². The highest BCUT2D eigenvalue weighted by atomic mass is 16.6. The number of ether oxygens (including phenoxy) is 1. The predicted octanol–water partition coefficient (Wildman–Crippen LogP) is 3.81. The number of carbonyl (C=O) groups excluding carboxylic acids is 1. The third-order valence-corrected chi connectivity index (χ3v) is 3.85. The highest BCUT2D eigenvalue weighted by Crippen LogP contribution is 2.22. The Labute approximate surface area is 148 Å². The Morgan fingerprint density at radius 2 is 1.72 bits per heavy atom. The Bertz CT molecular complexity index is 702. The Kier molecular flexibility index (Phi) is 7.01. The van der Waals surface area contributed by atoms with Crippen molar-refractivity contribution in [2.45, 2.75) is 26.7 Å². The molecule has 5 nitrogen and oxygen atoms in total. The van der Waals surface area contributed by atoms with E-state index < -0.39 is 0 Å². The molecule has 5 heteroatoms. The van der Waals surface area contributed by atoms with Crippen molar-refractivity contribution in [1.29, 1.82) is 0 Å². The summed E-state index contributed by atoms with van der Waals surface area (Å²) in [6.07, 6.45) is 3.28. The minimum absolute atomic E-state index is 0.131. The number of amides is 1. The number of hydrogen-bond acceptors (Lipinski definition) is 4. The van der Waals surface area contributed by atoms with Crippen LogP contribution in [0.3, 0.4) is 0 Å². The van der Waals surface area contributed by atoms with Gasteiger partial charge in [0.15, 0.2) is 6.61 Å². The maximum Gasteiger partial charge on any atom is 0.265 e. The van der Waals surface area contributed by atoms with E-state index in [0.29, 0.717) is 0 Å². The first kappa shape index (κ1) is 18.5. The standard InChI is InChI=1S/C20H24N2O3/c1-4-16-7-6-8-17(5-2)20(16)22-19(23)14-25-21-13-15-9-11-18(24-3)12-10-15/h6-13H,4-5,14H2,1-3H3,(H,22,23). The Morgan fingerprint density at radius 1 is 1.08 bits per heavy atom. The third kappa shape index (κ3) is 5.35. The number of rotatable bonds is 8. The van der Waals surface area contributed by atoms with Crippen LogP contribution in [0.25, 0.3) is 0 Å². The zero-order valence-electron chi connectivity index (χ0n) is 14.9. The lowest BCUT2D eigenvalue weighted by Crippen LogP contribution is -2.19. The molecule has 0 aromatic heterocycles. The molecule has 0 saturated heterocycles. The molecule has 1 N–H and O–H groups in total. The van der Waals surface area contributed by atoms with Gasteiger partial charge in [0, 0.05) is 5.69 Å². The largest absolute Gasteiger partial charge is 0.497 e. The number of para-hydroxylation sites is 1. The number of hydrogen-bond donors (Lipinski definition) is 1. The fourth-order valence-electron chi connectivity index (χ4n) is 2.46. The SMILES string of the molecule is CCc1cccc(CC)c1NC(=O)CON=Cc1ccc(OC)cc1. The molecule has 0 aliphatic carbocycles. The fraction of sp³-hybridized carbons (Fsp3) is 0.300. The Hall–Kier alpha value is -2.82. The van der Waals surface area contributed by atoms with Crippen LogP contribution in [-0.2, 0) is 22.5 Å². The molecule has 25 heavy (non-hydrogen) atoms. The molecule has 0 bridgehead atoms. The summed E-state index contributed by atoms with van der Waals surface area (Å²) < 4.78 is 5.09. The number of methoxy groups -OCH3 is 1. The number of nitrogens with zero attached hydrogens (tertiary/aromatic N) is 1. The molecule has 0 spiro atoms. The van der Waals surface area contributed by atoms with Gasteiger partial charge in [-0.15, -0.1) is 0 Å². The van der Waals surface area contributed by atoms with Crippen LogP contribution >= 0.6 is 0 Å². The first-order valence-electron chi connectivity index (χ1n) is 8.37. The molecule has 0 heterocycles. The van der Waals surface area contributed by atoms with Crippen molar-refractivity contribution in [3.05, 3.63) is 59.2 Å². The van der Waals surface area contributed by atoms with Crippen LogP contribution in [0.1, 0.15) is 30.5 Å². The zero-order chi connectivity index (χ0) is 18.1. The number of benzene rings is 2. The van der Waals surface area contributed by atoms with Crippen molar-refractivity contribution < 1.29 is 14.4 Å². The van der Waals surface area contributed by atoms with Crippen molar-refractivity contribution in [2.75, 3.05) is 19.0 Å². The highest BCUT2D eigenvalue weighted by molar-refractivity contribution is 5.93. The number of carbonyl (C=O) groups is 1. The lowest BCUT2D eigenvalue weighted by atomic mass is 10.0. The summed E-state index contributed by atoms with van der Waals surface area (Å²) in [6, 6.07) is 13.5. The van der Waals surface area contributed by atoms with E-state index in [1.807, 2.05) is 42.5 Å². The summed E-state index contributed by atoms with van der Waals surface area (Å²) in [4.78, 5) is 17.2. The molecule has 132 valence electrons. The monoisotopic (exact) mass is 340 g/mol. The molecule has 0 fully saturated rings. The maximum atomic E-state index is 12.1. The van der Waals surface area contributed by atoms with Gasteiger partial charge in [0.1, 0.15) is 5.75 Å². The fourth-order valence-corrected chi connectivity index (χ4v) is 2.46. The Morgan fingerprint density at radius 3 is 2.28 bits per heavy atom. The first-order chi connectivity index (χ1) is 12.2. The van der Waals surface area contributed by atoms with Gasteiger partial charge in [-0.2, -0.15) is 0 Å². The smallest absolute Gasteiger partial charge is 0.265 e. The van der Waals surface area contributed by atoms with E-state index in [2.05, 4.69) is 24.3 Å².